The van der Waals surface area contributed by atoms with Crippen LogP contribution in [0.3, 0.4) is 0 Å². The topological polar surface area (TPSA) is 18.5 Å². The molecular formula is C11H23O2. The van der Waals surface area contributed by atoms with Crippen LogP contribution >= 0.6 is 0 Å². The third-order valence-corrected chi connectivity index (χ3v) is 1.37. The molecule has 1 atom stereocenters. The summed E-state index contributed by atoms with van der Waals surface area (Å²) in [6.07, 6.45) is 0.962. The van der Waals surface area contributed by atoms with Crippen molar-refractivity contribution in [3.8, 4) is 0 Å². The second-order valence-electron chi connectivity index (χ2n) is 4.49. The molecule has 0 rings (SSSR count). The van der Waals surface area contributed by atoms with Gasteiger partial charge in [0.05, 0.1) is 5.60 Å². The fourth-order valence-electron chi connectivity index (χ4n) is 0.824. The van der Waals surface area contributed by atoms with E-state index in [0.717, 1.165) is 26.2 Å². The monoisotopic (exact) mass is 187 g/mol. The number of hydrogen-bond donors (Lipinski definition) is 0. The first kappa shape index (κ1) is 12.9. The normalized spacial score (nSPS) is 12.5. The van der Waals surface area contributed by atoms with Crippen LogP contribution in [0.1, 0.15) is 34.1 Å². The number of rotatable bonds is 6. The van der Waals surface area contributed by atoms with E-state index in [9.17, 15) is 0 Å². The Morgan fingerprint density at radius 3 is 2.31 bits per heavy atom. The largest absolute Gasteiger partial charge is 0.381 e. The summed E-state index contributed by atoms with van der Waals surface area (Å²) in [7, 11) is 0. The van der Waals surface area contributed by atoms with Gasteiger partial charge in [0.15, 0.2) is 0 Å². The Hall–Kier alpha value is -0.0800. The average Bonchev–Trinajstić information content (AvgIpc) is 1.93. The van der Waals surface area contributed by atoms with E-state index in [1.807, 2.05) is 6.92 Å². The standard InChI is InChI=1S/C11H23O2/c1-10(2)9-12-7-6-8-13-11(3,4)5/h10H,1,6-9H2,2-5H3. The molecule has 0 aliphatic heterocycles. The fraction of sp³-hybridized carbons (Fsp3) is 0.909. The van der Waals surface area contributed by atoms with Gasteiger partial charge in [-0.3, -0.25) is 0 Å². The van der Waals surface area contributed by atoms with E-state index in [1.165, 1.54) is 0 Å². The highest BCUT2D eigenvalue weighted by atomic mass is 16.5. The molecule has 0 saturated heterocycles. The van der Waals surface area contributed by atoms with Crippen LogP contribution in [-0.2, 0) is 9.47 Å². The van der Waals surface area contributed by atoms with Gasteiger partial charge in [-0.25, -0.2) is 0 Å². The Balaban J connectivity index is 3.09. The van der Waals surface area contributed by atoms with E-state index in [1.54, 1.807) is 0 Å². The summed E-state index contributed by atoms with van der Waals surface area (Å²) in [6.45, 7) is 14.4. The van der Waals surface area contributed by atoms with Gasteiger partial charge in [-0.05, 0) is 40.0 Å². The molecule has 0 spiro atoms. The first-order valence-electron chi connectivity index (χ1n) is 4.96. The van der Waals surface area contributed by atoms with Crippen LogP contribution in [0, 0.1) is 12.8 Å². The van der Waals surface area contributed by atoms with E-state index in [-0.39, 0.29) is 5.60 Å². The van der Waals surface area contributed by atoms with Crippen molar-refractivity contribution in [3.05, 3.63) is 6.92 Å². The SMILES string of the molecule is [CH2]C(C)COCCCOC(C)(C)C. The van der Waals surface area contributed by atoms with Gasteiger partial charge in [0.2, 0.25) is 0 Å². The van der Waals surface area contributed by atoms with Gasteiger partial charge in [-0.15, -0.1) is 0 Å². The predicted molar refractivity (Wildman–Crippen MR) is 55.7 cm³/mol. The van der Waals surface area contributed by atoms with Crippen molar-refractivity contribution in [2.24, 2.45) is 5.92 Å². The fourth-order valence-corrected chi connectivity index (χ4v) is 0.824. The Labute approximate surface area is 82.6 Å². The molecule has 2 nitrogen and oxygen atoms in total. The summed E-state index contributed by atoms with van der Waals surface area (Å²) in [5.41, 5.74) is -0.0282. The van der Waals surface area contributed by atoms with Gasteiger partial charge >= 0.3 is 0 Å². The molecule has 1 radical (unpaired) electrons. The molecule has 0 heterocycles. The van der Waals surface area contributed by atoms with E-state index in [0.29, 0.717) is 5.92 Å². The molecule has 0 aromatic heterocycles. The summed E-state index contributed by atoms with van der Waals surface area (Å²) in [5, 5.41) is 0. The maximum absolute atomic E-state index is 5.54. The summed E-state index contributed by atoms with van der Waals surface area (Å²) in [5.74, 6) is 0.378. The lowest BCUT2D eigenvalue weighted by Gasteiger charge is -2.19. The van der Waals surface area contributed by atoms with E-state index in [2.05, 4.69) is 27.7 Å². The Morgan fingerprint density at radius 1 is 1.23 bits per heavy atom. The lowest BCUT2D eigenvalue weighted by Crippen LogP contribution is -2.20. The molecule has 2 heteroatoms. The van der Waals surface area contributed by atoms with Crippen LogP contribution in [0.2, 0.25) is 0 Å². The van der Waals surface area contributed by atoms with Gasteiger partial charge in [-0.1, -0.05) is 6.92 Å². The van der Waals surface area contributed by atoms with Crippen LogP contribution in [0.25, 0.3) is 0 Å². The first-order chi connectivity index (χ1) is 5.92. The molecule has 0 fully saturated rings. The van der Waals surface area contributed by atoms with Crippen molar-refractivity contribution in [1.29, 1.82) is 0 Å². The first-order valence-corrected chi connectivity index (χ1v) is 4.96. The highest BCUT2D eigenvalue weighted by Crippen LogP contribution is 2.06. The van der Waals surface area contributed by atoms with Crippen molar-refractivity contribution >= 4 is 0 Å². The molecule has 1 unspecified atom stereocenters. The van der Waals surface area contributed by atoms with Gasteiger partial charge in [0.1, 0.15) is 0 Å². The molecule has 0 aromatic carbocycles. The van der Waals surface area contributed by atoms with Crippen molar-refractivity contribution < 1.29 is 9.47 Å². The minimum atomic E-state index is -0.0282. The minimum absolute atomic E-state index is 0.0282. The van der Waals surface area contributed by atoms with Crippen LogP contribution < -0.4 is 0 Å². The quantitative estimate of drug-likeness (QED) is 0.595. The molecule has 13 heavy (non-hydrogen) atoms. The summed E-state index contributed by atoms with van der Waals surface area (Å²) < 4.78 is 10.9. The van der Waals surface area contributed by atoms with E-state index < -0.39 is 0 Å². The lowest BCUT2D eigenvalue weighted by molar-refractivity contribution is -0.0149. The summed E-state index contributed by atoms with van der Waals surface area (Å²) in [6, 6.07) is 0. The third kappa shape index (κ3) is 11.9. The highest BCUT2D eigenvalue weighted by molar-refractivity contribution is 4.58. The van der Waals surface area contributed by atoms with Crippen molar-refractivity contribution in [1.82, 2.24) is 0 Å². The van der Waals surface area contributed by atoms with Gasteiger partial charge in [0.25, 0.3) is 0 Å². The maximum Gasteiger partial charge on any atom is 0.0598 e. The van der Waals surface area contributed by atoms with Crippen LogP contribution in [0.4, 0.5) is 0 Å². The minimum Gasteiger partial charge on any atom is -0.381 e. The Morgan fingerprint density at radius 2 is 1.85 bits per heavy atom. The zero-order chi connectivity index (χ0) is 10.3. The highest BCUT2D eigenvalue weighted by Gasteiger charge is 2.08. The van der Waals surface area contributed by atoms with Crippen molar-refractivity contribution in [2.75, 3.05) is 19.8 Å². The summed E-state index contributed by atoms with van der Waals surface area (Å²) >= 11 is 0. The molecule has 0 saturated carbocycles. The zero-order valence-corrected chi connectivity index (χ0v) is 9.43. The Kier molecular flexibility index (Phi) is 6.35. The number of ether oxygens (including phenoxy) is 2. The third-order valence-electron chi connectivity index (χ3n) is 1.37. The molecule has 79 valence electrons. The smallest absolute Gasteiger partial charge is 0.0598 e. The van der Waals surface area contributed by atoms with E-state index in [4.69, 9.17) is 9.47 Å². The van der Waals surface area contributed by atoms with Gasteiger partial charge in [0, 0.05) is 19.8 Å². The second kappa shape index (κ2) is 6.39. The molecule has 0 aromatic rings. The maximum atomic E-state index is 5.54. The second-order valence-corrected chi connectivity index (χ2v) is 4.49. The van der Waals surface area contributed by atoms with E-state index >= 15 is 0 Å². The number of hydrogen-bond acceptors (Lipinski definition) is 2. The Bertz CT molecular complexity index is 114. The lowest BCUT2D eigenvalue weighted by atomic mass is 10.2. The molecule has 0 aliphatic carbocycles. The summed E-state index contributed by atoms with van der Waals surface area (Å²) in [4.78, 5) is 0. The molecule has 0 amide bonds. The average molecular weight is 187 g/mol. The van der Waals surface area contributed by atoms with Crippen LogP contribution in [-0.4, -0.2) is 25.4 Å². The molecule has 0 bridgehead atoms. The molecule has 0 N–H and O–H groups in total. The molecule has 0 aliphatic rings. The zero-order valence-electron chi connectivity index (χ0n) is 9.43. The van der Waals surface area contributed by atoms with Crippen LogP contribution in [0.15, 0.2) is 0 Å². The van der Waals surface area contributed by atoms with Gasteiger partial charge < -0.3 is 9.47 Å². The van der Waals surface area contributed by atoms with Crippen LogP contribution in [0.5, 0.6) is 0 Å². The molecular weight excluding hydrogens is 164 g/mol. The van der Waals surface area contributed by atoms with Crippen molar-refractivity contribution in [2.45, 2.75) is 39.7 Å². The van der Waals surface area contributed by atoms with Crippen molar-refractivity contribution in [3.63, 3.8) is 0 Å². The predicted octanol–water partition coefficient (Wildman–Crippen LogP) is 2.68. The van der Waals surface area contributed by atoms with Gasteiger partial charge in [-0.2, -0.15) is 0 Å².